The number of allylic oxidation sites excluding steroid dienone is 2. The summed E-state index contributed by atoms with van der Waals surface area (Å²) in [5.41, 5.74) is 0.435. The van der Waals surface area contributed by atoms with Gasteiger partial charge in [-0.2, -0.15) is 0 Å². The predicted octanol–water partition coefficient (Wildman–Crippen LogP) is 6.40. The van der Waals surface area contributed by atoms with Gasteiger partial charge >= 0.3 is 11.9 Å². The molecule has 1 unspecified atom stereocenters. The second kappa shape index (κ2) is 15.6. The Balaban J connectivity index is 1.38. The zero-order valence-corrected chi connectivity index (χ0v) is 31.6. The van der Waals surface area contributed by atoms with E-state index in [0.29, 0.717) is 60.0 Å². The number of esters is 2. The first-order valence-corrected chi connectivity index (χ1v) is 18.9. The first-order chi connectivity index (χ1) is 24.8. The van der Waals surface area contributed by atoms with Crippen LogP contribution < -0.4 is 4.74 Å². The number of hydrogen-bond donors (Lipinski definition) is 2. The number of hydrogen-bond acceptors (Lipinski definition) is 10. The van der Waals surface area contributed by atoms with Gasteiger partial charge in [-0.1, -0.05) is 64.5 Å². The van der Waals surface area contributed by atoms with Crippen molar-refractivity contribution in [1.82, 2.24) is 0 Å². The molecule has 10 nitrogen and oxygen atoms in total. The number of benzene rings is 1. The minimum atomic E-state index is -1.82. The first kappa shape index (κ1) is 38.4. The Morgan fingerprint density at radius 1 is 1.10 bits per heavy atom. The highest BCUT2D eigenvalue weighted by molar-refractivity contribution is 5.89. The summed E-state index contributed by atoms with van der Waals surface area (Å²) in [6.07, 6.45) is 9.29. The molecule has 3 fully saturated rings. The van der Waals surface area contributed by atoms with Gasteiger partial charge in [0, 0.05) is 25.2 Å². The van der Waals surface area contributed by atoms with Gasteiger partial charge < -0.3 is 38.6 Å². The second-order valence-electron chi connectivity index (χ2n) is 15.7. The molecule has 1 spiro atoms. The van der Waals surface area contributed by atoms with Crippen LogP contribution in [0.2, 0.25) is 0 Å². The molecule has 4 heterocycles. The van der Waals surface area contributed by atoms with Crippen LogP contribution in [0.3, 0.4) is 0 Å². The molecule has 0 saturated carbocycles. The molecule has 6 rings (SSSR count). The van der Waals surface area contributed by atoms with Crippen LogP contribution in [0.1, 0.15) is 90.4 Å². The number of carbonyl (C=O) groups excluding carboxylic acids is 2. The summed E-state index contributed by atoms with van der Waals surface area (Å²) in [6, 6.07) is 6.80. The molecule has 4 aliphatic heterocycles. The van der Waals surface area contributed by atoms with Crippen molar-refractivity contribution in [2.24, 2.45) is 23.7 Å². The zero-order valence-electron chi connectivity index (χ0n) is 31.6. The lowest BCUT2D eigenvalue weighted by molar-refractivity contribution is -0.340. The van der Waals surface area contributed by atoms with E-state index in [0.717, 1.165) is 18.4 Å². The summed E-state index contributed by atoms with van der Waals surface area (Å²) in [6.45, 7) is 12.3. The highest BCUT2D eigenvalue weighted by Crippen LogP contribution is 2.48. The number of aliphatic hydroxyl groups is 2. The maximum Gasteiger partial charge on any atom is 0.338 e. The topological polar surface area (TPSA) is 130 Å². The molecular weight excluding hydrogens is 664 g/mol. The molecule has 1 aromatic carbocycles. The Kier molecular flexibility index (Phi) is 11.5. The average molecular weight is 721 g/mol. The molecule has 52 heavy (non-hydrogen) atoms. The summed E-state index contributed by atoms with van der Waals surface area (Å²) in [7, 11) is 1.57. The van der Waals surface area contributed by atoms with Gasteiger partial charge in [-0.15, -0.1) is 0 Å². The smallest absolute Gasteiger partial charge is 0.338 e. The molecule has 1 aromatic rings. The molecule has 10 heteroatoms. The van der Waals surface area contributed by atoms with Crippen molar-refractivity contribution in [3.8, 4) is 5.75 Å². The molecule has 0 radical (unpaired) electrons. The van der Waals surface area contributed by atoms with E-state index in [1.807, 2.05) is 19.9 Å². The highest BCUT2D eigenvalue weighted by Gasteiger charge is 2.60. The van der Waals surface area contributed by atoms with Crippen molar-refractivity contribution in [3.63, 3.8) is 0 Å². The number of rotatable bonds is 5. The van der Waals surface area contributed by atoms with Gasteiger partial charge in [0.2, 0.25) is 0 Å². The minimum absolute atomic E-state index is 0.00594. The van der Waals surface area contributed by atoms with Crippen molar-refractivity contribution < 1.29 is 48.2 Å². The molecule has 284 valence electrons. The van der Waals surface area contributed by atoms with E-state index in [-0.39, 0.29) is 24.7 Å². The van der Waals surface area contributed by atoms with Crippen molar-refractivity contribution in [1.29, 1.82) is 0 Å². The lowest BCUT2D eigenvalue weighted by Gasteiger charge is -2.51. The Labute approximate surface area is 307 Å². The summed E-state index contributed by atoms with van der Waals surface area (Å²) < 4.78 is 37.5. The van der Waals surface area contributed by atoms with E-state index < -0.39 is 53.7 Å². The van der Waals surface area contributed by atoms with Crippen LogP contribution in [0.5, 0.6) is 5.75 Å². The molecule has 5 aliphatic rings. The lowest BCUT2D eigenvalue weighted by atomic mass is 9.71. The van der Waals surface area contributed by atoms with Crippen molar-refractivity contribution >= 4 is 11.9 Å². The summed E-state index contributed by atoms with van der Waals surface area (Å²) >= 11 is 0. The Bertz CT molecular complexity index is 1590. The van der Waals surface area contributed by atoms with Crippen molar-refractivity contribution in [3.05, 3.63) is 76.9 Å². The van der Waals surface area contributed by atoms with Crippen molar-refractivity contribution in [2.45, 2.75) is 128 Å². The van der Waals surface area contributed by atoms with Gasteiger partial charge in [-0.3, -0.25) is 4.79 Å². The minimum Gasteiger partial charge on any atom is -0.497 e. The van der Waals surface area contributed by atoms with Gasteiger partial charge in [0.25, 0.3) is 0 Å². The van der Waals surface area contributed by atoms with E-state index in [9.17, 15) is 19.8 Å². The fourth-order valence-electron chi connectivity index (χ4n) is 8.65. The molecule has 0 amide bonds. The number of aliphatic hydroxyl groups excluding tert-OH is 1. The Morgan fingerprint density at radius 2 is 1.85 bits per heavy atom. The number of fused-ring (bicyclic) bond motifs is 2. The fraction of sp³-hybridized carbons (Fsp3) is 0.619. The molecule has 2 bridgehead atoms. The van der Waals surface area contributed by atoms with E-state index in [1.165, 1.54) is 0 Å². The number of carbonyl (C=O) groups is 2. The predicted molar refractivity (Wildman–Crippen MR) is 194 cm³/mol. The van der Waals surface area contributed by atoms with Crippen LogP contribution in [-0.4, -0.2) is 83.9 Å². The van der Waals surface area contributed by atoms with E-state index in [2.05, 4.69) is 26.8 Å². The van der Waals surface area contributed by atoms with Crippen LogP contribution in [0.25, 0.3) is 0 Å². The van der Waals surface area contributed by atoms with Crippen LogP contribution in [0.4, 0.5) is 0 Å². The van der Waals surface area contributed by atoms with Gasteiger partial charge in [0.1, 0.15) is 41.7 Å². The van der Waals surface area contributed by atoms with E-state index in [4.69, 9.17) is 28.4 Å². The van der Waals surface area contributed by atoms with E-state index >= 15 is 0 Å². The molecular formula is C42H56O10. The fourth-order valence-corrected chi connectivity index (χ4v) is 8.65. The normalized spacial score (nSPS) is 41.3. The number of ether oxygens (including phenoxy) is 6. The van der Waals surface area contributed by atoms with Gasteiger partial charge in [-0.25, -0.2) is 4.79 Å². The number of methoxy groups -OCH3 is 1. The maximum atomic E-state index is 14.2. The van der Waals surface area contributed by atoms with Crippen LogP contribution >= 0.6 is 0 Å². The molecule has 0 aromatic heterocycles. The third-order valence-corrected chi connectivity index (χ3v) is 12.0. The third kappa shape index (κ3) is 7.55. The highest BCUT2D eigenvalue weighted by atomic mass is 16.7. The molecule has 1 aliphatic carbocycles. The molecule has 12 atom stereocenters. The van der Waals surface area contributed by atoms with Gasteiger partial charge in [0.15, 0.2) is 5.79 Å². The van der Waals surface area contributed by atoms with Crippen molar-refractivity contribution in [2.75, 3.05) is 13.7 Å². The second-order valence-corrected chi connectivity index (χ2v) is 15.7. The first-order valence-electron chi connectivity index (χ1n) is 18.9. The molecule has 2 N–H and O–H groups in total. The maximum absolute atomic E-state index is 14.2. The van der Waals surface area contributed by atoms with E-state index in [1.54, 1.807) is 56.5 Å². The lowest BCUT2D eigenvalue weighted by Crippen LogP contribution is -2.58. The van der Waals surface area contributed by atoms with Crippen LogP contribution in [-0.2, 0) is 28.5 Å². The third-order valence-electron chi connectivity index (χ3n) is 12.0. The standard InChI is InChI=1S/C42H56O10/c1-8-24(2)37-27(5)18-19-41(52-37)22-33-21-32(51-41)15-12-26(4)36(50-39(44)29-13-16-31(47-7)17-14-29)25(3)10-9-11-30-23-48-38-35(43)28(6)20-34(40(45)49-33)42(30,38)46/h9-14,16-17,20,24-25,27,32-38,43,46H,8,15,18-19,21-23H2,1-7H3/b10-9+,26-12+,30-11+/t24?,25-,27-,32+,33-,34-,35+,36-,37+,38+,41+,42+/m0/s1. The summed E-state index contributed by atoms with van der Waals surface area (Å²) in [5, 5.41) is 23.4. The Morgan fingerprint density at radius 3 is 2.56 bits per heavy atom. The van der Waals surface area contributed by atoms with Crippen LogP contribution in [0.15, 0.2) is 71.4 Å². The average Bonchev–Trinajstić information content (AvgIpc) is 3.47. The van der Waals surface area contributed by atoms with Crippen LogP contribution in [0, 0.1) is 23.7 Å². The zero-order chi connectivity index (χ0) is 37.4. The van der Waals surface area contributed by atoms with Gasteiger partial charge in [-0.05, 0) is 79.5 Å². The monoisotopic (exact) mass is 720 g/mol. The quantitative estimate of drug-likeness (QED) is 0.260. The Hall–Kier alpha value is -3.28. The van der Waals surface area contributed by atoms with Gasteiger partial charge in [0.05, 0.1) is 31.5 Å². The summed E-state index contributed by atoms with van der Waals surface area (Å²) in [5.74, 6) is -2.02. The summed E-state index contributed by atoms with van der Waals surface area (Å²) in [4.78, 5) is 27.7. The largest absolute Gasteiger partial charge is 0.497 e. The molecule has 3 saturated heterocycles. The SMILES string of the molecule is CCC(C)[C@H]1O[C@]2(CC[C@@H]1C)C[C@@H]1C[C@@H](C/C=C(\C)[C@@H](OC(=O)c3ccc(OC)cc3)[C@@H](C)/C=C/C=C3\CO[C@@H]4[C@H](O)C(C)=C[C@@H](C(=O)O1)[C@]34O)O2.